The van der Waals surface area contributed by atoms with Crippen LogP contribution in [0.5, 0.6) is 0 Å². The number of hydrogen-bond donors (Lipinski definition) is 0. The summed E-state index contributed by atoms with van der Waals surface area (Å²) in [5, 5.41) is 8.93. The van der Waals surface area contributed by atoms with Crippen LogP contribution in [0.4, 0.5) is 4.39 Å². The Morgan fingerprint density at radius 1 is 0.828 bits per heavy atom. The number of halogens is 1. The Kier molecular flexibility index (Phi) is 5.76. The first-order chi connectivity index (χ1) is 14.2. The van der Waals surface area contributed by atoms with Crippen molar-refractivity contribution in [2.45, 2.75) is 51.9 Å². The maximum Gasteiger partial charge on any atom is 0.141 e. The van der Waals surface area contributed by atoms with Gasteiger partial charge >= 0.3 is 0 Å². The van der Waals surface area contributed by atoms with Crippen LogP contribution in [0.15, 0.2) is 54.6 Å². The second-order valence-corrected chi connectivity index (χ2v) is 7.98. The van der Waals surface area contributed by atoms with Crippen molar-refractivity contribution in [3.05, 3.63) is 82.7 Å². The van der Waals surface area contributed by atoms with Crippen molar-refractivity contribution in [1.29, 1.82) is 5.26 Å². The summed E-state index contributed by atoms with van der Waals surface area (Å²) < 4.78 is 14.0. The van der Waals surface area contributed by atoms with Crippen molar-refractivity contribution in [3.8, 4) is 28.3 Å². The van der Waals surface area contributed by atoms with Gasteiger partial charge in [0.05, 0.1) is 5.56 Å². The maximum atomic E-state index is 14.0. The molecule has 3 aromatic rings. The van der Waals surface area contributed by atoms with Gasteiger partial charge < -0.3 is 0 Å². The number of rotatable bonds is 6. The smallest absolute Gasteiger partial charge is 0.141 e. The molecule has 0 atom stereocenters. The zero-order valence-electron chi connectivity index (χ0n) is 17.0. The fourth-order valence-corrected chi connectivity index (χ4v) is 4.33. The van der Waals surface area contributed by atoms with Gasteiger partial charge in [0.2, 0.25) is 0 Å². The lowest BCUT2D eigenvalue weighted by Gasteiger charge is -2.22. The lowest BCUT2D eigenvalue weighted by Crippen LogP contribution is -2.05. The van der Waals surface area contributed by atoms with Crippen molar-refractivity contribution in [3.63, 3.8) is 0 Å². The molecule has 4 rings (SSSR count). The maximum absolute atomic E-state index is 14.0. The molecule has 0 amide bonds. The summed E-state index contributed by atoms with van der Waals surface area (Å²) in [7, 11) is 0. The van der Waals surface area contributed by atoms with E-state index < -0.39 is 5.82 Å². The number of nitrogens with zero attached hydrogens (tertiary/aromatic N) is 1. The van der Waals surface area contributed by atoms with E-state index in [1.54, 1.807) is 6.07 Å². The number of hydrogen-bond acceptors (Lipinski definition) is 1. The first kappa shape index (κ1) is 19.4. The Morgan fingerprint density at radius 3 is 2.24 bits per heavy atom. The highest BCUT2D eigenvalue weighted by atomic mass is 19.1. The summed E-state index contributed by atoms with van der Waals surface area (Å²) in [5.41, 5.74) is 8.75. The summed E-state index contributed by atoms with van der Waals surface area (Å²) in [4.78, 5) is 0. The van der Waals surface area contributed by atoms with Crippen molar-refractivity contribution < 1.29 is 4.39 Å². The predicted molar refractivity (Wildman–Crippen MR) is 117 cm³/mol. The molecule has 0 aliphatic heterocycles. The predicted octanol–water partition coefficient (Wildman–Crippen LogP) is 7.25. The number of benzene rings is 3. The van der Waals surface area contributed by atoms with Gasteiger partial charge in [0.1, 0.15) is 11.9 Å². The van der Waals surface area contributed by atoms with Gasteiger partial charge in [0.25, 0.3) is 0 Å². The number of nitriles is 1. The van der Waals surface area contributed by atoms with Crippen molar-refractivity contribution in [1.82, 2.24) is 0 Å². The van der Waals surface area contributed by atoms with E-state index in [4.69, 9.17) is 5.26 Å². The topological polar surface area (TPSA) is 23.8 Å². The van der Waals surface area contributed by atoms with Crippen LogP contribution >= 0.6 is 0 Å². The standard InChI is InChI=1S/C27H26FN/c1-2-3-4-5-6-19-7-13-25-22(15-19)9-10-23-16-20(12-14-26(23)25)21-8-11-24(18-29)27(28)17-21/h7-8,11-17H,2-6,9-10H2,1H3. The van der Waals surface area contributed by atoms with E-state index in [-0.39, 0.29) is 5.56 Å². The molecule has 0 N–H and O–H groups in total. The molecule has 0 fully saturated rings. The third-order valence-electron chi connectivity index (χ3n) is 5.97. The molecule has 0 bridgehead atoms. The highest BCUT2D eigenvalue weighted by Gasteiger charge is 2.17. The second-order valence-electron chi connectivity index (χ2n) is 7.98. The molecule has 1 aliphatic carbocycles. The van der Waals surface area contributed by atoms with E-state index >= 15 is 0 Å². The summed E-state index contributed by atoms with van der Waals surface area (Å²) in [6.45, 7) is 2.25. The molecule has 0 saturated heterocycles. The molecule has 0 aromatic heterocycles. The van der Waals surface area contributed by atoms with Crippen LogP contribution < -0.4 is 0 Å². The minimum absolute atomic E-state index is 0.0890. The first-order valence-corrected chi connectivity index (χ1v) is 10.6. The third-order valence-corrected chi connectivity index (χ3v) is 5.97. The second kappa shape index (κ2) is 8.62. The SMILES string of the molecule is CCCCCCc1ccc2c(c1)CCc1cc(-c3ccc(C#N)c(F)c3)ccc1-2. The Labute approximate surface area is 172 Å². The fraction of sp³-hybridized carbons (Fsp3) is 0.296. The average Bonchev–Trinajstić information content (AvgIpc) is 2.76. The van der Waals surface area contributed by atoms with Gasteiger partial charge in [-0.15, -0.1) is 0 Å². The van der Waals surface area contributed by atoms with Crippen molar-refractivity contribution in [2.24, 2.45) is 0 Å². The summed E-state index contributed by atoms with van der Waals surface area (Å²) >= 11 is 0. The largest absolute Gasteiger partial charge is 0.206 e. The summed E-state index contributed by atoms with van der Waals surface area (Å²) in [5.74, 6) is -0.459. The van der Waals surface area contributed by atoms with Crippen molar-refractivity contribution >= 4 is 0 Å². The first-order valence-electron chi connectivity index (χ1n) is 10.6. The van der Waals surface area contributed by atoms with E-state index in [0.717, 1.165) is 24.0 Å². The molecule has 3 aromatic carbocycles. The van der Waals surface area contributed by atoms with E-state index in [1.165, 1.54) is 66.0 Å². The zero-order chi connectivity index (χ0) is 20.2. The molecule has 0 heterocycles. The molecule has 1 aliphatic rings. The van der Waals surface area contributed by atoms with Gasteiger partial charge in [-0.2, -0.15) is 5.26 Å². The summed E-state index contributed by atoms with van der Waals surface area (Å²) in [6.07, 6.45) is 8.42. The van der Waals surface area contributed by atoms with Gasteiger partial charge in [-0.3, -0.25) is 0 Å². The third kappa shape index (κ3) is 4.10. The molecule has 146 valence electrons. The quantitative estimate of drug-likeness (QED) is 0.411. The molecule has 0 saturated carbocycles. The van der Waals surface area contributed by atoms with Crippen LogP contribution in [0, 0.1) is 17.1 Å². The highest BCUT2D eigenvalue weighted by Crippen LogP contribution is 2.36. The monoisotopic (exact) mass is 383 g/mol. The molecule has 0 spiro atoms. The molecular weight excluding hydrogens is 357 g/mol. The van der Waals surface area contributed by atoms with Crippen LogP contribution in [-0.4, -0.2) is 0 Å². The Morgan fingerprint density at radius 2 is 1.52 bits per heavy atom. The van der Waals surface area contributed by atoms with Crippen LogP contribution in [0.3, 0.4) is 0 Å². The van der Waals surface area contributed by atoms with Gasteiger partial charge in [-0.1, -0.05) is 68.7 Å². The number of unbranched alkanes of at least 4 members (excludes halogenated alkanes) is 3. The highest BCUT2D eigenvalue weighted by molar-refractivity contribution is 5.77. The molecule has 1 nitrogen and oxygen atoms in total. The lowest BCUT2D eigenvalue weighted by atomic mass is 9.83. The number of aryl methyl sites for hydroxylation is 3. The van der Waals surface area contributed by atoms with E-state index in [1.807, 2.05) is 12.1 Å². The van der Waals surface area contributed by atoms with E-state index in [9.17, 15) is 4.39 Å². The van der Waals surface area contributed by atoms with E-state index in [2.05, 4.69) is 43.3 Å². The van der Waals surface area contributed by atoms with Crippen LogP contribution in [0.25, 0.3) is 22.3 Å². The Bertz CT molecular complexity index is 1070. The van der Waals surface area contributed by atoms with Crippen molar-refractivity contribution in [2.75, 3.05) is 0 Å². The molecule has 0 radical (unpaired) electrons. The lowest BCUT2D eigenvalue weighted by molar-refractivity contribution is 0.624. The molecule has 2 heteroatoms. The van der Waals surface area contributed by atoms with Gasteiger partial charge in [-0.05, 0) is 76.8 Å². The average molecular weight is 384 g/mol. The van der Waals surface area contributed by atoms with Gasteiger partial charge in [-0.25, -0.2) is 4.39 Å². The minimum Gasteiger partial charge on any atom is -0.206 e. The molecule has 29 heavy (non-hydrogen) atoms. The van der Waals surface area contributed by atoms with E-state index in [0.29, 0.717) is 0 Å². The minimum atomic E-state index is -0.459. The Hall–Kier alpha value is -2.92. The molecular formula is C27H26FN. The van der Waals surface area contributed by atoms with Gasteiger partial charge in [0.15, 0.2) is 0 Å². The Balaban J connectivity index is 1.58. The zero-order valence-corrected chi connectivity index (χ0v) is 17.0. The normalized spacial score (nSPS) is 12.2. The van der Waals surface area contributed by atoms with Gasteiger partial charge in [0, 0.05) is 0 Å². The van der Waals surface area contributed by atoms with Crippen LogP contribution in [0.2, 0.25) is 0 Å². The fourth-order valence-electron chi connectivity index (χ4n) is 4.33. The van der Waals surface area contributed by atoms with Crippen LogP contribution in [0.1, 0.15) is 54.9 Å². The molecule has 0 unspecified atom stereocenters. The number of fused-ring (bicyclic) bond motifs is 3. The van der Waals surface area contributed by atoms with Crippen LogP contribution in [-0.2, 0) is 19.3 Å². The summed E-state index contributed by atoms with van der Waals surface area (Å²) in [6, 6.07) is 20.1.